The topological polar surface area (TPSA) is 64.1 Å². The van der Waals surface area contributed by atoms with Crippen molar-refractivity contribution in [3.8, 4) is 0 Å². The number of alkyl halides is 3. The third-order valence-corrected chi connectivity index (χ3v) is 5.05. The van der Waals surface area contributed by atoms with Gasteiger partial charge in [0.1, 0.15) is 5.69 Å². The number of pyridine rings is 2. The van der Waals surface area contributed by atoms with Crippen LogP contribution in [-0.4, -0.2) is 35.1 Å². The predicted octanol–water partition coefficient (Wildman–Crippen LogP) is 3.64. The minimum Gasteiger partial charge on any atom is -0.379 e. The van der Waals surface area contributed by atoms with Gasteiger partial charge in [0.15, 0.2) is 0 Å². The molecule has 0 aliphatic carbocycles. The summed E-state index contributed by atoms with van der Waals surface area (Å²) in [6.45, 7) is 0.848. The van der Waals surface area contributed by atoms with Crippen LogP contribution in [0.25, 0.3) is 10.9 Å². The molecule has 0 radical (unpaired) electrons. The standard InChI is InChI=1S/C21H18F3N3O2/c22-21(23,24)19-6-5-14(10-26-19)20(28)27-18-12-29-11-15(18)9-13-7-8-25-17-4-2-1-3-16(13)17/h1-8,10,15,18H,9,11-12H2,(H,27,28)/t15-,18-/m1/s1. The Hall–Kier alpha value is -3.00. The molecule has 0 unspecified atom stereocenters. The maximum Gasteiger partial charge on any atom is 0.433 e. The molecule has 8 heteroatoms. The summed E-state index contributed by atoms with van der Waals surface area (Å²) in [5.74, 6) is -0.418. The summed E-state index contributed by atoms with van der Waals surface area (Å²) in [6, 6.07) is 11.5. The van der Waals surface area contributed by atoms with Crippen molar-refractivity contribution < 1.29 is 22.7 Å². The molecule has 1 aliphatic heterocycles. The molecule has 1 aromatic carbocycles. The van der Waals surface area contributed by atoms with Crippen LogP contribution in [0.4, 0.5) is 13.2 Å². The van der Waals surface area contributed by atoms with Gasteiger partial charge < -0.3 is 10.1 Å². The minimum absolute atomic E-state index is 0.0483. The number of rotatable bonds is 4. The fraction of sp³-hybridized carbons (Fsp3) is 0.286. The van der Waals surface area contributed by atoms with E-state index in [1.807, 2.05) is 30.3 Å². The van der Waals surface area contributed by atoms with E-state index in [4.69, 9.17) is 4.74 Å². The van der Waals surface area contributed by atoms with Crippen LogP contribution in [0.3, 0.4) is 0 Å². The molecule has 1 fully saturated rings. The first kappa shape index (κ1) is 19.3. The highest BCUT2D eigenvalue weighted by Gasteiger charge is 2.33. The Kier molecular flexibility index (Phi) is 5.19. The fourth-order valence-electron chi connectivity index (χ4n) is 3.52. The minimum atomic E-state index is -4.54. The molecule has 2 aromatic heterocycles. The van der Waals surface area contributed by atoms with Crippen molar-refractivity contribution in [2.75, 3.05) is 13.2 Å². The lowest BCUT2D eigenvalue weighted by molar-refractivity contribution is -0.141. The maximum absolute atomic E-state index is 12.6. The zero-order chi connectivity index (χ0) is 20.4. The Morgan fingerprint density at radius 1 is 1.10 bits per heavy atom. The van der Waals surface area contributed by atoms with Gasteiger partial charge >= 0.3 is 6.18 Å². The predicted molar refractivity (Wildman–Crippen MR) is 100 cm³/mol. The molecule has 1 N–H and O–H groups in total. The third kappa shape index (κ3) is 4.22. The number of aromatic nitrogens is 2. The highest BCUT2D eigenvalue weighted by molar-refractivity contribution is 5.94. The molecular weight excluding hydrogens is 383 g/mol. The molecule has 3 aromatic rings. The lowest BCUT2D eigenvalue weighted by Gasteiger charge is -2.20. The molecule has 1 saturated heterocycles. The molecule has 2 atom stereocenters. The Morgan fingerprint density at radius 3 is 2.69 bits per heavy atom. The summed E-state index contributed by atoms with van der Waals surface area (Å²) in [5.41, 5.74) is 1.07. The number of para-hydroxylation sites is 1. The second-order valence-corrected chi connectivity index (χ2v) is 7.00. The summed E-state index contributed by atoms with van der Waals surface area (Å²) in [6.07, 6.45) is -1.14. The summed E-state index contributed by atoms with van der Waals surface area (Å²) in [7, 11) is 0. The second kappa shape index (κ2) is 7.79. The SMILES string of the molecule is O=C(N[C@@H]1COC[C@H]1Cc1ccnc2ccccc12)c1ccc(C(F)(F)F)nc1. The molecular formula is C21H18F3N3O2. The van der Waals surface area contributed by atoms with E-state index in [0.29, 0.717) is 19.6 Å². The van der Waals surface area contributed by atoms with Gasteiger partial charge in [-0.3, -0.25) is 14.8 Å². The first-order valence-electron chi connectivity index (χ1n) is 9.16. The molecule has 150 valence electrons. The van der Waals surface area contributed by atoms with Crippen molar-refractivity contribution in [1.29, 1.82) is 0 Å². The van der Waals surface area contributed by atoms with Gasteiger partial charge in [-0.1, -0.05) is 18.2 Å². The lowest BCUT2D eigenvalue weighted by atomic mass is 9.93. The van der Waals surface area contributed by atoms with Crippen molar-refractivity contribution in [1.82, 2.24) is 15.3 Å². The number of hydrogen-bond acceptors (Lipinski definition) is 4. The van der Waals surface area contributed by atoms with Crippen LogP contribution < -0.4 is 5.32 Å². The summed E-state index contributed by atoms with van der Waals surface area (Å²) < 4.78 is 43.5. The Morgan fingerprint density at radius 2 is 1.93 bits per heavy atom. The van der Waals surface area contributed by atoms with Gasteiger partial charge in [-0.2, -0.15) is 13.2 Å². The molecule has 4 rings (SSSR count). The number of halogens is 3. The van der Waals surface area contributed by atoms with Crippen molar-refractivity contribution in [3.63, 3.8) is 0 Å². The Balaban J connectivity index is 1.46. The number of ether oxygens (including phenoxy) is 1. The van der Waals surface area contributed by atoms with Crippen LogP contribution in [0.1, 0.15) is 21.6 Å². The van der Waals surface area contributed by atoms with E-state index in [-0.39, 0.29) is 17.5 Å². The van der Waals surface area contributed by atoms with Gasteiger partial charge in [0, 0.05) is 23.7 Å². The van der Waals surface area contributed by atoms with E-state index in [1.54, 1.807) is 6.20 Å². The largest absolute Gasteiger partial charge is 0.433 e. The first-order chi connectivity index (χ1) is 13.9. The van der Waals surface area contributed by atoms with Crippen LogP contribution in [0.15, 0.2) is 54.9 Å². The zero-order valence-electron chi connectivity index (χ0n) is 15.3. The number of hydrogen-bond donors (Lipinski definition) is 1. The Bertz CT molecular complexity index is 1020. The van der Waals surface area contributed by atoms with Crippen LogP contribution >= 0.6 is 0 Å². The van der Waals surface area contributed by atoms with E-state index >= 15 is 0 Å². The number of nitrogens with zero attached hydrogens (tertiary/aromatic N) is 2. The number of fused-ring (bicyclic) bond motifs is 1. The number of carbonyl (C=O) groups is 1. The van der Waals surface area contributed by atoms with E-state index in [2.05, 4.69) is 15.3 Å². The zero-order valence-corrected chi connectivity index (χ0v) is 15.3. The van der Waals surface area contributed by atoms with Gasteiger partial charge in [-0.15, -0.1) is 0 Å². The average Bonchev–Trinajstić information content (AvgIpc) is 3.14. The van der Waals surface area contributed by atoms with Crippen LogP contribution in [0.2, 0.25) is 0 Å². The number of nitrogens with one attached hydrogen (secondary N) is 1. The lowest BCUT2D eigenvalue weighted by Crippen LogP contribution is -2.40. The van der Waals surface area contributed by atoms with Crippen LogP contribution in [-0.2, 0) is 17.3 Å². The highest BCUT2D eigenvalue weighted by Crippen LogP contribution is 2.27. The van der Waals surface area contributed by atoms with Gasteiger partial charge in [0.05, 0.1) is 30.3 Å². The molecule has 0 saturated carbocycles. The van der Waals surface area contributed by atoms with E-state index < -0.39 is 17.8 Å². The van der Waals surface area contributed by atoms with Gasteiger partial charge in [-0.05, 0) is 36.2 Å². The quantitative estimate of drug-likeness (QED) is 0.725. The molecule has 0 bridgehead atoms. The number of benzene rings is 1. The summed E-state index contributed by atoms with van der Waals surface area (Å²) in [4.78, 5) is 20.2. The third-order valence-electron chi connectivity index (χ3n) is 5.05. The fourth-order valence-corrected chi connectivity index (χ4v) is 3.52. The molecule has 29 heavy (non-hydrogen) atoms. The Labute approximate surface area is 164 Å². The monoisotopic (exact) mass is 401 g/mol. The molecule has 1 aliphatic rings. The van der Waals surface area contributed by atoms with E-state index in [9.17, 15) is 18.0 Å². The normalized spacial score (nSPS) is 19.4. The smallest absolute Gasteiger partial charge is 0.379 e. The molecule has 5 nitrogen and oxygen atoms in total. The number of carbonyl (C=O) groups excluding carboxylic acids is 1. The molecule has 1 amide bonds. The molecule has 3 heterocycles. The van der Waals surface area contributed by atoms with Crippen molar-refractivity contribution >= 4 is 16.8 Å². The van der Waals surface area contributed by atoms with Crippen molar-refractivity contribution in [2.45, 2.75) is 18.6 Å². The van der Waals surface area contributed by atoms with Crippen LogP contribution in [0, 0.1) is 5.92 Å². The number of amides is 1. The summed E-state index contributed by atoms with van der Waals surface area (Å²) >= 11 is 0. The van der Waals surface area contributed by atoms with E-state index in [1.165, 1.54) is 0 Å². The van der Waals surface area contributed by atoms with E-state index in [0.717, 1.165) is 34.8 Å². The van der Waals surface area contributed by atoms with Crippen LogP contribution in [0.5, 0.6) is 0 Å². The van der Waals surface area contributed by atoms with Gasteiger partial charge in [0.2, 0.25) is 0 Å². The van der Waals surface area contributed by atoms with Gasteiger partial charge in [0.25, 0.3) is 5.91 Å². The maximum atomic E-state index is 12.6. The van der Waals surface area contributed by atoms with Crippen molar-refractivity contribution in [3.05, 3.63) is 71.7 Å². The van der Waals surface area contributed by atoms with Gasteiger partial charge in [-0.25, -0.2) is 0 Å². The highest BCUT2D eigenvalue weighted by atomic mass is 19.4. The van der Waals surface area contributed by atoms with Crippen molar-refractivity contribution in [2.24, 2.45) is 5.92 Å². The second-order valence-electron chi connectivity index (χ2n) is 7.00. The summed E-state index contributed by atoms with van der Waals surface area (Å²) in [5, 5.41) is 3.93. The first-order valence-corrected chi connectivity index (χ1v) is 9.16. The molecule has 0 spiro atoms. The average molecular weight is 401 g/mol.